The summed E-state index contributed by atoms with van der Waals surface area (Å²) in [7, 11) is 0. The average Bonchev–Trinajstić information content (AvgIpc) is 2.89. The predicted octanol–water partition coefficient (Wildman–Crippen LogP) is 6.01. The van der Waals surface area contributed by atoms with E-state index in [1.165, 1.54) is 5.01 Å². The predicted molar refractivity (Wildman–Crippen MR) is 159 cm³/mol. The third-order valence-electron chi connectivity index (χ3n) is 5.86. The van der Waals surface area contributed by atoms with Gasteiger partial charge < -0.3 is 19.9 Å². The number of aliphatic hydroxyl groups is 1. The normalized spacial score (nSPS) is 13.3. The number of aromatic nitrogens is 1. The molecule has 0 saturated heterocycles. The Morgan fingerprint density at radius 3 is 2.05 bits per heavy atom. The molecule has 0 radical (unpaired) electrons. The van der Waals surface area contributed by atoms with Crippen molar-refractivity contribution in [1.29, 1.82) is 0 Å². The molecule has 41 heavy (non-hydrogen) atoms. The first-order valence-electron chi connectivity index (χ1n) is 13.8. The van der Waals surface area contributed by atoms with Crippen LogP contribution in [0.1, 0.15) is 65.3 Å². The van der Waals surface area contributed by atoms with E-state index < -0.39 is 29.6 Å². The minimum atomic E-state index is -1.18. The first-order chi connectivity index (χ1) is 19.3. The molecular weight excluding hydrogens is 520 g/mol. The van der Waals surface area contributed by atoms with Crippen molar-refractivity contribution < 1.29 is 24.2 Å². The van der Waals surface area contributed by atoms with Crippen LogP contribution in [0.2, 0.25) is 0 Å². The topological polar surface area (TPSA) is 113 Å². The number of ether oxygens (including phenoxy) is 2. The summed E-state index contributed by atoms with van der Waals surface area (Å²) in [4.78, 5) is 29.8. The van der Waals surface area contributed by atoms with Crippen molar-refractivity contribution in [3.63, 3.8) is 0 Å². The number of nitrogens with zero attached hydrogens (tertiary/aromatic N) is 2. The van der Waals surface area contributed by atoms with Gasteiger partial charge in [0.05, 0.1) is 5.69 Å². The number of hydrazine groups is 1. The van der Waals surface area contributed by atoms with Gasteiger partial charge in [-0.15, -0.1) is 0 Å². The molecule has 2 atom stereocenters. The molecule has 1 unspecified atom stereocenters. The number of amides is 2. The SMILES string of the molecule is CC(C)(C)OC(=O)N[C@H](CCN(NC(=O)OC(C)(C)C)C(O)c1ccc(-c2ccccn2)cc1)Cc1ccccc1. The fourth-order valence-electron chi connectivity index (χ4n) is 4.09. The van der Waals surface area contributed by atoms with E-state index in [9.17, 15) is 14.7 Å². The van der Waals surface area contributed by atoms with Crippen molar-refractivity contribution in [3.8, 4) is 11.3 Å². The Hall–Kier alpha value is -3.95. The van der Waals surface area contributed by atoms with E-state index in [4.69, 9.17) is 9.47 Å². The zero-order valence-corrected chi connectivity index (χ0v) is 24.8. The molecule has 0 fully saturated rings. The fourth-order valence-corrected chi connectivity index (χ4v) is 4.09. The van der Waals surface area contributed by atoms with Crippen molar-refractivity contribution in [2.24, 2.45) is 0 Å². The molecule has 9 heteroatoms. The van der Waals surface area contributed by atoms with Crippen LogP contribution in [0.25, 0.3) is 11.3 Å². The van der Waals surface area contributed by atoms with Crippen LogP contribution in [0, 0.1) is 0 Å². The van der Waals surface area contributed by atoms with Gasteiger partial charge in [-0.25, -0.2) is 9.59 Å². The van der Waals surface area contributed by atoms with Crippen LogP contribution in [0.15, 0.2) is 79.0 Å². The molecule has 3 rings (SSSR count). The first kappa shape index (κ1) is 31.6. The Kier molecular flexibility index (Phi) is 10.9. The quantitative estimate of drug-likeness (QED) is 0.205. The van der Waals surface area contributed by atoms with Crippen LogP contribution in [-0.2, 0) is 15.9 Å². The fraction of sp³-hybridized carbons (Fsp3) is 0.406. The van der Waals surface area contributed by atoms with Gasteiger partial charge in [-0.3, -0.25) is 10.4 Å². The van der Waals surface area contributed by atoms with E-state index in [1.807, 2.05) is 60.7 Å². The van der Waals surface area contributed by atoms with Crippen LogP contribution >= 0.6 is 0 Å². The number of benzene rings is 2. The first-order valence-corrected chi connectivity index (χ1v) is 13.8. The van der Waals surface area contributed by atoms with E-state index >= 15 is 0 Å². The minimum absolute atomic E-state index is 0.204. The summed E-state index contributed by atoms with van der Waals surface area (Å²) in [6.07, 6.45) is 0.251. The van der Waals surface area contributed by atoms with Crippen LogP contribution in [0.3, 0.4) is 0 Å². The monoisotopic (exact) mass is 562 g/mol. The third-order valence-corrected chi connectivity index (χ3v) is 5.86. The highest BCUT2D eigenvalue weighted by Gasteiger charge is 2.26. The lowest BCUT2D eigenvalue weighted by Gasteiger charge is -2.31. The number of pyridine rings is 1. The molecule has 0 bridgehead atoms. The maximum Gasteiger partial charge on any atom is 0.422 e. The zero-order chi connectivity index (χ0) is 30.0. The molecule has 3 aromatic rings. The second kappa shape index (κ2) is 14.1. The second-order valence-corrected chi connectivity index (χ2v) is 11.8. The summed E-state index contributed by atoms with van der Waals surface area (Å²) < 4.78 is 10.9. The lowest BCUT2D eigenvalue weighted by molar-refractivity contribution is -0.0456. The molecule has 220 valence electrons. The molecule has 2 aromatic carbocycles. The van der Waals surface area contributed by atoms with Gasteiger partial charge in [0.1, 0.15) is 17.4 Å². The van der Waals surface area contributed by atoms with Crippen molar-refractivity contribution in [2.75, 3.05) is 6.54 Å². The van der Waals surface area contributed by atoms with Crippen molar-refractivity contribution in [2.45, 2.75) is 77.9 Å². The van der Waals surface area contributed by atoms with Crippen molar-refractivity contribution in [3.05, 3.63) is 90.1 Å². The van der Waals surface area contributed by atoms with Crippen molar-refractivity contribution in [1.82, 2.24) is 20.7 Å². The smallest absolute Gasteiger partial charge is 0.422 e. The summed E-state index contributed by atoms with van der Waals surface area (Å²) in [6, 6.07) is 22.4. The second-order valence-electron chi connectivity index (χ2n) is 11.8. The van der Waals surface area contributed by atoms with Crippen LogP contribution in [0.4, 0.5) is 9.59 Å². The Morgan fingerprint density at radius 2 is 1.46 bits per heavy atom. The van der Waals surface area contributed by atoms with E-state index in [-0.39, 0.29) is 12.6 Å². The lowest BCUT2D eigenvalue weighted by Crippen LogP contribution is -2.49. The Bertz CT molecular complexity index is 1240. The van der Waals surface area contributed by atoms with E-state index in [0.717, 1.165) is 16.8 Å². The van der Waals surface area contributed by atoms with Gasteiger partial charge in [0, 0.05) is 24.3 Å². The summed E-state index contributed by atoms with van der Waals surface area (Å²) in [5.41, 5.74) is 4.64. The molecule has 0 aliphatic heterocycles. The van der Waals surface area contributed by atoms with E-state index in [1.54, 1.807) is 59.9 Å². The molecule has 1 aromatic heterocycles. The molecule has 9 nitrogen and oxygen atoms in total. The maximum absolute atomic E-state index is 12.7. The molecule has 1 heterocycles. The largest absolute Gasteiger partial charge is 0.444 e. The highest BCUT2D eigenvalue weighted by Crippen LogP contribution is 2.23. The number of rotatable bonds is 10. The maximum atomic E-state index is 12.7. The van der Waals surface area contributed by atoms with Gasteiger partial charge in [-0.2, -0.15) is 5.01 Å². The number of alkyl carbamates (subject to hydrolysis) is 1. The molecule has 2 amide bonds. The molecular formula is C32H42N4O5. The molecule has 3 N–H and O–H groups in total. The van der Waals surface area contributed by atoms with Crippen LogP contribution in [-0.4, -0.2) is 51.1 Å². The Balaban J connectivity index is 1.80. The van der Waals surface area contributed by atoms with Gasteiger partial charge in [0.25, 0.3) is 0 Å². The van der Waals surface area contributed by atoms with Crippen molar-refractivity contribution >= 4 is 12.2 Å². The Morgan fingerprint density at radius 1 is 0.854 bits per heavy atom. The lowest BCUT2D eigenvalue weighted by atomic mass is 10.0. The number of carbonyl (C=O) groups is 2. The Labute approximate surface area is 242 Å². The van der Waals surface area contributed by atoms with Crippen LogP contribution in [0.5, 0.6) is 0 Å². The molecule has 0 aliphatic rings. The molecule has 0 saturated carbocycles. The zero-order valence-electron chi connectivity index (χ0n) is 24.8. The van der Waals surface area contributed by atoms with Gasteiger partial charge in [0.2, 0.25) is 0 Å². The number of aliphatic hydroxyl groups excluding tert-OH is 1. The summed E-state index contributed by atoms with van der Waals surface area (Å²) in [5.74, 6) is 0. The van der Waals surface area contributed by atoms with E-state index in [2.05, 4.69) is 15.7 Å². The highest BCUT2D eigenvalue weighted by atomic mass is 16.6. The van der Waals surface area contributed by atoms with Crippen LogP contribution < -0.4 is 10.7 Å². The highest BCUT2D eigenvalue weighted by molar-refractivity contribution is 5.68. The minimum Gasteiger partial charge on any atom is -0.444 e. The summed E-state index contributed by atoms with van der Waals surface area (Å²) in [6.45, 7) is 10.9. The number of carbonyl (C=O) groups excluding carboxylic acids is 2. The number of hydrogen-bond acceptors (Lipinski definition) is 7. The molecule has 0 spiro atoms. The van der Waals surface area contributed by atoms with Gasteiger partial charge >= 0.3 is 12.2 Å². The number of nitrogens with one attached hydrogen (secondary N) is 2. The average molecular weight is 563 g/mol. The van der Waals surface area contributed by atoms with Gasteiger partial charge in [-0.05, 0) is 77.6 Å². The third kappa shape index (κ3) is 11.2. The standard InChI is InChI=1S/C32H42N4O5/c1-31(2,3)40-29(38)34-26(22-23-12-8-7-9-13-23)19-21-36(35-30(39)41-32(4,5)6)28(37)25-17-15-24(16-18-25)27-14-10-11-20-33-27/h7-18,20,26,28,37H,19,21-22H2,1-6H3,(H,34,38)(H,35,39)/t26-,28?/m1/s1. The van der Waals surface area contributed by atoms with Gasteiger partial charge in [-0.1, -0.05) is 60.7 Å². The number of hydrogen-bond donors (Lipinski definition) is 3. The van der Waals surface area contributed by atoms with Gasteiger partial charge in [0.15, 0.2) is 0 Å². The van der Waals surface area contributed by atoms with E-state index in [0.29, 0.717) is 18.4 Å². The summed E-state index contributed by atoms with van der Waals surface area (Å²) in [5, 5.41) is 15.7. The molecule has 0 aliphatic carbocycles. The summed E-state index contributed by atoms with van der Waals surface area (Å²) >= 11 is 0.